The molecule has 222 valence electrons. The Morgan fingerprint density at radius 2 is 1.43 bits per heavy atom. The van der Waals surface area contributed by atoms with E-state index >= 15 is 0 Å². The molecular formula is C30H32BrN3O8. The number of halogens is 1. The van der Waals surface area contributed by atoms with Crippen molar-refractivity contribution in [1.82, 2.24) is 16.2 Å². The SMILES string of the molecule is CC(C)(C)OC(=O)NC(Cc1ccc(OC(=O)OCc2ccccc2Br)cc1)C(=O)NNC(=O)OCc1ccccc1. The minimum atomic E-state index is -1.13. The predicted octanol–water partition coefficient (Wildman–Crippen LogP) is 5.56. The molecule has 0 heterocycles. The standard InChI is InChI=1S/C30H32BrN3O8/c1-30(2,3)42-27(36)32-25(26(35)33-34-28(37)39-18-21-9-5-4-6-10-21)17-20-13-15-23(16-14-20)41-29(38)40-19-22-11-7-8-12-24(22)31/h4-16,25H,17-19H2,1-3H3,(H,32,36)(H,33,35)(H,34,37). The van der Waals surface area contributed by atoms with Gasteiger partial charge in [0.25, 0.3) is 5.91 Å². The van der Waals surface area contributed by atoms with Gasteiger partial charge in [0.05, 0.1) is 0 Å². The molecule has 42 heavy (non-hydrogen) atoms. The summed E-state index contributed by atoms with van der Waals surface area (Å²) in [6.07, 6.45) is -2.55. The van der Waals surface area contributed by atoms with Crippen LogP contribution in [0.4, 0.5) is 14.4 Å². The molecule has 0 radical (unpaired) electrons. The predicted molar refractivity (Wildman–Crippen MR) is 156 cm³/mol. The molecule has 12 heteroatoms. The zero-order valence-corrected chi connectivity index (χ0v) is 24.9. The number of benzene rings is 3. The molecule has 0 bridgehead atoms. The van der Waals surface area contributed by atoms with Crippen molar-refractivity contribution >= 4 is 40.2 Å². The van der Waals surface area contributed by atoms with Crippen LogP contribution < -0.4 is 20.9 Å². The van der Waals surface area contributed by atoms with E-state index in [-0.39, 0.29) is 25.4 Å². The minimum Gasteiger partial charge on any atom is -0.444 e. The number of carbonyl (C=O) groups excluding carboxylic acids is 4. The number of alkyl carbamates (subject to hydrolysis) is 1. The summed E-state index contributed by atoms with van der Waals surface area (Å²) in [4.78, 5) is 49.5. The highest BCUT2D eigenvalue weighted by molar-refractivity contribution is 9.10. The molecule has 1 unspecified atom stereocenters. The lowest BCUT2D eigenvalue weighted by atomic mass is 10.1. The summed E-state index contributed by atoms with van der Waals surface area (Å²) in [7, 11) is 0. The Hall–Kier alpha value is -4.58. The third-order valence-corrected chi connectivity index (χ3v) is 6.15. The van der Waals surface area contributed by atoms with Crippen molar-refractivity contribution in [2.45, 2.75) is 52.0 Å². The first-order valence-corrected chi connectivity index (χ1v) is 13.7. The highest BCUT2D eigenvalue weighted by Gasteiger charge is 2.25. The number of nitrogens with one attached hydrogen (secondary N) is 3. The zero-order valence-electron chi connectivity index (χ0n) is 23.3. The van der Waals surface area contributed by atoms with Crippen LogP contribution in [0.3, 0.4) is 0 Å². The van der Waals surface area contributed by atoms with E-state index in [0.29, 0.717) is 5.56 Å². The van der Waals surface area contributed by atoms with Crippen molar-refractivity contribution in [3.05, 3.63) is 100 Å². The Kier molecular flexibility index (Phi) is 11.7. The normalized spacial score (nSPS) is 11.4. The average Bonchev–Trinajstić information content (AvgIpc) is 2.94. The average molecular weight is 643 g/mol. The molecule has 3 N–H and O–H groups in total. The first-order chi connectivity index (χ1) is 20.0. The number of ether oxygens (including phenoxy) is 4. The molecule has 11 nitrogen and oxygen atoms in total. The summed E-state index contributed by atoms with van der Waals surface area (Å²) in [5.41, 5.74) is 5.80. The summed E-state index contributed by atoms with van der Waals surface area (Å²) < 4.78 is 21.5. The van der Waals surface area contributed by atoms with Crippen LogP contribution in [-0.4, -0.2) is 35.9 Å². The summed E-state index contributed by atoms with van der Waals surface area (Å²) >= 11 is 3.39. The molecule has 0 spiro atoms. The van der Waals surface area contributed by atoms with Crippen molar-refractivity contribution in [1.29, 1.82) is 0 Å². The Bertz CT molecular complexity index is 1360. The van der Waals surface area contributed by atoms with Gasteiger partial charge < -0.3 is 24.3 Å². The van der Waals surface area contributed by atoms with Gasteiger partial charge in [0.15, 0.2) is 0 Å². The Morgan fingerprint density at radius 3 is 2.10 bits per heavy atom. The van der Waals surface area contributed by atoms with Gasteiger partial charge in [-0.15, -0.1) is 0 Å². The van der Waals surface area contributed by atoms with E-state index < -0.39 is 35.9 Å². The van der Waals surface area contributed by atoms with Gasteiger partial charge in [-0.2, -0.15) is 0 Å². The van der Waals surface area contributed by atoms with Crippen molar-refractivity contribution < 1.29 is 38.1 Å². The second kappa shape index (κ2) is 15.4. The van der Waals surface area contributed by atoms with E-state index in [1.54, 1.807) is 57.2 Å². The van der Waals surface area contributed by atoms with Gasteiger partial charge in [-0.3, -0.25) is 10.2 Å². The van der Waals surface area contributed by atoms with Crippen LogP contribution in [0.15, 0.2) is 83.3 Å². The lowest BCUT2D eigenvalue weighted by Crippen LogP contribution is -2.53. The fourth-order valence-electron chi connectivity index (χ4n) is 3.43. The first-order valence-electron chi connectivity index (χ1n) is 12.9. The van der Waals surface area contributed by atoms with Gasteiger partial charge in [0.2, 0.25) is 0 Å². The van der Waals surface area contributed by atoms with Crippen LogP contribution in [0.1, 0.15) is 37.5 Å². The number of hydrogen-bond acceptors (Lipinski definition) is 8. The molecule has 3 aromatic rings. The molecular weight excluding hydrogens is 610 g/mol. The van der Waals surface area contributed by atoms with E-state index in [2.05, 4.69) is 32.1 Å². The molecule has 3 aromatic carbocycles. The lowest BCUT2D eigenvalue weighted by molar-refractivity contribution is -0.124. The molecule has 0 aromatic heterocycles. The summed E-state index contributed by atoms with van der Waals surface area (Å²) in [5, 5.41) is 2.51. The Balaban J connectivity index is 1.56. The van der Waals surface area contributed by atoms with Crippen LogP contribution in [-0.2, 0) is 38.6 Å². The molecule has 1 atom stereocenters. The van der Waals surface area contributed by atoms with E-state index in [9.17, 15) is 19.2 Å². The van der Waals surface area contributed by atoms with E-state index in [0.717, 1.165) is 15.6 Å². The van der Waals surface area contributed by atoms with Crippen LogP contribution in [0, 0.1) is 0 Å². The second-order valence-corrected chi connectivity index (χ2v) is 10.8. The number of hydrazine groups is 1. The number of carbonyl (C=O) groups is 4. The van der Waals surface area contributed by atoms with Crippen molar-refractivity contribution in [2.75, 3.05) is 0 Å². The van der Waals surface area contributed by atoms with Gasteiger partial charge in [-0.1, -0.05) is 76.6 Å². The third kappa shape index (κ3) is 11.5. The highest BCUT2D eigenvalue weighted by atomic mass is 79.9. The monoisotopic (exact) mass is 641 g/mol. The summed E-state index contributed by atoms with van der Waals surface area (Å²) in [6.45, 7) is 5.10. The van der Waals surface area contributed by atoms with E-state index in [4.69, 9.17) is 18.9 Å². The van der Waals surface area contributed by atoms with Gasteiger partial charge in [0.1, 0.15) is 30.6 Å². The molecule has 3 rings (SSSR count). The Morgan fingerprint density at radius 1 is 0.762 bits per heavy atom. The smallest absolute Gasteiger partial charge is 0.444 e. The maximum Gasteiger partial charge on any atom is 0.514 e. The maximum absolute atomic E-state index is 12.9. The first kappa shape index (κ1) is 31.9. The molecule has 0 aliphatic heterocycles. The second-order valence-electron chi connectivity index (χ2n) is 9.96. The van der Waals surface area contributed by atoms with Gasteiger partial charge in [-0.25, -0.2) is 19.8 Å². The molecule has 0 saturated heterocycles. The molecule has 0 aliphatic rings. The fraction of sp³-hybridized carbons (Fsp3) is 0.267. The van der Waals surface area contributed by atoms with E-state index in [1.807, 2.05) is 30.3 Å². The van der Waals surface area contributed by atoms with Gasteiger partial charge >= 0.3 is 18.3 Å². The molecule has 0 fully saturated rings. The lowest BCUT2D eigenvalue weighted by Gasteiger charge is -2.23. The Labute approximate surface area is 252 Å². The van der Waals surface area contributed by atoms with Crippen molar-refractivity contribution in [3.63, 3.8) is 0 Å². The molecule has 3 amide bonds. The summed E-state index contributed by atoms with van der Waals surface area (Å²) in [6, 6.07) is 21.5. The third-order valence-electron chi connectivity index (χ3n) is 5.38. The van der Waals surface area contributed by atoms with Crippen molar-refractivity contribution in [2.24, 2.45) is 0 Å². The molecule has 0 aliphatic carbocycles. The zero-order chi connectivity index (χ0) is 30.5. The van der Waals surface area contributed by atoms with Crippen molar-refractivity contribution in [3.8, 4) is 5.75 Å². The number of hydrogen-bond donors (Lipinski definition) is 3. The van der Waals surface area contributed by atoms with Gasteiger partial charge in [-0.05, 0) is 50.1 Å². The fourth-order valence-corrected chi connectivity index (χ4v) is 3.82. The van der Waals surface area contributed by atoms with Crippen LogP contribution in [0.5, 0.6) is 5.75 Å². The number of amides is 3. The summed E-state index contributed by atoms with van der Waals surface area (Å²) in [5.74, 6) is -0.492. The topological polar surface area (TPSA) is 141 Å². The largest absolute Gasteiger partial charge is 0.514 e. The van der Waals surface area contributed by atoms with Crippen LogP contribution in [0.25, 0.3) is 0 Å². The quantitative estimate of drug-likeness (QED) is 0.119. The van der Waals surface area contributed by atoms with E-state index in [1.165, 1.54) is 12.1 Å². The molecule has 0 saturated carbocycles. The van der Waals surface area contributed by atoms with Gasteiger partial charge in [0, 0.05) is 16.5 Å². The van der Waals surface area contributed by atoms with Crippen LogP contribution in [0.2, 0.25) is 0 Å². The minimum absolute atomic E-state index is 0.00783. The highest BCUT2D eigenvalue weighted by Crippen LogP contribution is 2.18. The maximum atomic E-state index is 12.9. The number of rotatable bonds is 9. The van der Waals surface area contributed by atoms with Crippen LogP contribution >= 0.6 is 15.9 Å².